The molecule has 0 unspecified atom stereocenters. The Balaban J connectivity index is 1.86. The van der Waals surface area contributed by atoms with Gasteiger partial charge in [-0.3, -0.25) is 0 Å². The van der Waals surface area contributed by atoms with E-state index in [2.05, 4.69) is 90.7 Å². The van der Waals surface area contributed by atoms with Crippen LogP contribution in [0.1, 0.15) is 22.3 Å². The van der Waals surface area contributed by atoms with Gasteiger partial charge in [-0.15, -0.1) is 5.73 Å². The lowest BCUT2D eigenvalue weighted by molar-refractivity contribution is 0.787. The summed E-state index contributed by atoms with van der Waals surface area (Å²) in [6.07, 6.45) is 4.33. The van der Waals surface area contributed by atoms with Crippen molar-refractivity contribution in [2.75, 3.05) is 0 Å². The lowest BCUT2D eigenvalue weighted by Crippen LogP contribution is -2.26. The van der Waals surface area contributed by atoms with Crippen molar-refractivity contribution in [1.82, 2.24) is 0 Å². The van der Waals surface area contributed by atoms with Crippen LogP contribution in [0.25, 0.3) is 16.7 Å². The molecule has 0 bridgehead atoms. The van der Waals surface area contributed by atoms with E-state index in [9.17, 15) is 0 Å². The molecule has 0 saturated heterocycles. The van der Waals surface area contributed by atoms with Crippen LogP contribution in [0.5, 0.6) is 0 Å². The van der Waals surface area contributed by atoms with Crippen molar-refractivity contribution in [3.05, 3.63) is 119 Å². The summed E-state index contributed by atoms with van der Waals surface area (Å²) in [5, 5.41) is 0. The zero-order valence-electron chi connectivity index (χ0n) is 13.1. The van der Waals surface area contributed by atoms with E-state index in [-0.39, 0.29) is 5.41 Å². The first-order chi connectivity index (χ1) is 11.9. The fourth-order valence-corrected chi connectivity index (χ4v) is 4.90. The van der Waals surface area contributed by atoms with Gasteiger partial charge < -0.3 is 0 Å². The molecule has 3 aromatic rings. The Hall–Kier alpha value is -3.08. The van der Waals surface area contributed by atoms with Gasteiger partial charge in [0.05, 0.1) is 5.41 Å². The van der Waals surface area contributed by atoms with Gasteiger partial charge >= 0.3 is 0 Å². The number of benzene rings is 3. The molecule has 3 aliphatic carbocycles. The van der Waals surface area contributed by atoms with Gasteiger partial charge in [0.1, 0.15) is 0 Å². The summed E-state index contributed by atoms with van der Waals surface area (Å²) >= 11 is 0. The van der Waals surface area contributed by atoms with Crippen LogP contribution in [0.2, 0.25) is 0 Å². The van der Waals surface area contributed by atoms with Gasteiger partial charge in [-0.2, -0.15) is 0 Å². The van der Waals surface area contributed by atoms with Crippen LogP contribution in [0.15, 0.2) is 96.3 Å². The number of hydrogen-bond donors (Lipinski definition) is 0. The molecular formula is C24H14. The van der Waals surface area contributed by atoms with Gasteiger partial charge in [0.2, 0.25) is 0 Å². The van der Waals surface area contributed by atoms with Crippen LogP contribution in [0.3, 0.4) is 0 Å². The maximum absolute atomic E-state index is 3.35. The summed E-state index contributed by atoms with van der Waals surface area (Å²) in [6, 6.07) is 26.6. The smallest absolute Gasteiger partial charge is 0.0731 e. The quantitative estimate of drug-likeness (QED) is 0.481. The molecule has 0 aromatic heterocycles. The van der Waals surface area contributed by atoms with Crippen molar-refractivity contribution in [1.29, 1.82) is 0 Å². The zero-order chi connectivity index (χ0) is 15.7. The van der Waals surface area contributed by atoms with Crippen molar-refractivity contribution < 1.29 is 0 Å². The lowest BCUT2D eigenvalue weighted by Gasteiger charge is -2.30. The minimum atomic E-state index is -0.181. The Morgan fingerprint density at radius 2 is 1.04 bits per heavy atom. The van der Waals surface area contributed by atoms with E-state index in [0.29, 0.717) is 0 Å². The Kier molecular flexibility index (Phi) is 2.09. The molecule has 24 heavy (non-hydrogen) atoms. The molecular weight excluding hydrogens is 288 g/mol. The van der Waals surface area contributed by atoms with E-state index in [4.69, 9.17) is 0 Å². The molecule has 0 N–H and O–H groups in total. The molecule has 0 aliphatic heterocycles. The standard InChI is InChI=1S/C24H14/c1-4-12-20-16(8-1)17-9-2-5-13-21(17)24(20)22-14-6-3-10-18(22)19-11-7-15-23(19)24/h1-6,8-15H. The van der Waals surface area contributed by atoms with Crippen molar-refractivity contribution in [2.24, 2.45) is 0 Å². The Morgan fingerprint density at radius 3 is 1.67 bits per heavy atom. The van der Waals surface area contributed by atoms with Gasteiger partial charge in [0.25, 0.3) is 0 Å². The summed E-state index contributed by atoms with van der Waals surface area (Å²) < 4.78 is 0. The molecule has 0 radical (unpaired) electrons. The van der Waals surface area contributed by atoms with E-state index < -0.39 is 0 Å². The molecule has 6 rings (SSSR count). The van der Waals surface area contributed by atoms with Crippen LogP contribution in [0.4, 0.5) is 0 Å². The van der Waals surface area contributed by atoms with Crippen LogP contribution in [-0.4, -0.2) is 0 Å². The number of fused-ring (bicyclic) bond motifs is 9. The van der Waals surface area contributed by atoms with Crippen molar-refractivity contribution in [3.8, 4) is 11.1 Å². The fraction of sp³-hybridized carbons (Fsp3) is 0.0417. The number of rotatable bonds is 0. The Morgan fingerprint density at radius 1 is 0.542 bits per heavy atom. The van der Waals surface area contributed by atoms with Crippen LogP contribution in [-0.2, 0) is 5.41 Å². The fourth-order valence-electron chi connectivity index (χ4n) is 4.90. The molecule has 0 heteroatoms. The van der Waals surface area contributed by atoms with Gasteiger partial charge in [-0.25, -0.2) is 0 Å². The molecule has 0 atom stereocenters. The van der Waals surface area contributed by atoms with Gasteiger partial charge in [-0.1, -0.05) is 72.8 Å². The van der Waals surface area contributed by atoms with E-state index in [1.54, 1.807) is 0 Å². The third-order valence-corrected chi connectivity index (χ3v) is 5.72. The largest absolute Gasteiger partial charge is 0.120 e. The number of allylic oxidation sites excluding steroid dienone is 3. The van der Waals surface area contributed by atoms with Gasteiger partial charge in [0.15, 0.2) is 0 Å². The molecule has 3 aromatic carbocycles. The third kappa shape index (κ3) is 1.17. The van der Waals surface area contributed by atoms with Crippen LogP contribution in [0, 0.1) is 0 Å². The summed E-state index contributed by atoms with van der Waals surface area (Å²) in [5.41, 5.74) is 14.1. The molecule has 0 amide bonds. The van der Waals surface area contributed by atoms with Crippen molar-refractivity contribution in [3.63, 3.8) is 0 Å². The first-order valence-electron chi connectivity index (χ1n) is 8.39. The Bertz CT molecular complexity index is 1090. The van der Waals surface area contributed by atoms with Crippen molar-refractivity contribution >= 4 is 5.57 Å². The maximum Gasteiger partial charge on any atom is 0.0731 e. The highest BCUT2D eigenvalue weighted by atomic mass is 14.5. The zero-order valence-corrected chi connectivity index (χ0v) is 13.1. The first kappa shape index (κ1) is 12.4. The molecule has 1 spiro atoms. The average molecular weight is 302 g/mol. The monoisotopic (exact) mass is 302 g/mol. The summed E-state index contributed by atoms with van der Waals surface area (Å²) in [4.78, 5) is 0. The van der Waals surface area contributed by atoms with E-state index in [1.165, 1.54) is 44.5 Å². The topological polar surface area (TPSA) is 0 Å². The van der Waals surface area contributed by atoms with E-state index in [1.807, 2.05) is 0 Å². The molecule has 110 valence electrons. The molecule has 0 fully saturated rings. The number of hydrogen-bond acceptors (Lipinski definition) is 0. The predicted molar refractivity (Wildman–Crippen MR) is 97.8 cm³/mol. The van der Waals surface area contributed by atoms with E-state index >= 15 is 0 Å². The predicted octanol–water partition coefficient (Wildman–Crippen LogP) is 5.49. The molecule has 0 saturated carbocycles. The maximum atomic E-state index is 3.35. The minimum Gasteiger partial charge on any atom is -0.120 e. The highest BCUT2D eigenvalue weighted by Crippen LogP contribution is 2.62. The van der Waals surface area contributed by atoms with Crippen LogP contribution < -0.4 is 0 Å². The average Bonchev–Trinajstić information content (AvgIpc) is 3.30. The summed E-state index contributed by atoms with van der Waals surface area (Å²) in [6.45, 7) is 0. The van der Waals surface area contributed by atoms with Gasteiger partial charge in [-0.05, 0) is 56.7 Å². The molecule has 3 aliphatic rings. The second-order valence-corrected chi connectivity index (χ2v) is 6.67. The summed E-state index contributed by atoms with van der Waals surface area (Å²) in [5.74, 6) is 0. The van der Waals surface area contributed by atoms with Gasteiger partial charge in [0, 0.05) is 0 Å². The normalized spacial score (nSPS) is 17.2. The summed E-state index contributed by atoms with van der Waals surface area (Å²) in [7, 11) is 0. The van der Waals surface area contributed by atoms with Crippen molar-refractivity contribution in [2.45, 2.75) is 5.41 Å². The highest BCUT2D eigenvalue weighted by molar-refractivity contribution is 5.98. The third-order valence-electron chi connectivity index (χ3n) is 5.72. The lowest BCUT2D eigenvalue weighted by atomic mass is 9.70. The molecule has 0 nitrogen and oxygen atoms in total. The Labute approximate surface area is 141 Å². The molecule has 0 heterocycles. The SMILES string of the molecule is C1=CC2=C(C=1)C1(c3ccccc32)c2ccccc2-c2ccccc21. The van der Waals surface area contributed by atoms with Crippen LogP contribution >= 0.6 is 0 Å². The second-order valence-electron chi connectivity index (χ2n) is 6.67. The minimum absolute atomic E-state index is 0.181. The highest BCUT2D eigenvalue weighted by Gasteiger charge is 2.52. The first-order valence-corrected chi connectivity index (χ1v) is 8.39. The second kappa shape index (κ2) is 4.06. The van der Waals surface area contributed by atoms with E-state index in [0.717, 1.165) is 0 Å².